The smallest absolute Gasteiger partial charge is 0.383 e. The first-order valence-electron chi connectivity index (χ1n) is 3.20. The van der Waals surface area contributed by atoms with Gasteiger partial charge in [-0.2, -0.15) is 13.2 Å². The summed E-state index contributed by atoms with van der Waals surface area (Å²) in [5.41, 5.74) is 0. The summed E-state index contributed by atoms with van der Waals surface area (Å²) in [4.78, 5) is 11.6. The average Bonchev–Trinajstić information content (AvgIpc) is 1.82. The predicted octanol–water partition coefficient (Wildman–Crippen LogP) is 0.388. The highest BCUT2D eigenvalue weighted by atomic mass is 19.4. The molecule has 0 aliphatic carbocycles. The highest BCUT2D eigenvalue weighted by Gasteiger charge is 2.34. The molecule has 0 fully saturated rings. The van der Waals surface area contributed by atoms with E-state index in [1.165, 1.54) is 14.1 Å². The molecule has 0 saturated heterocycles. The van der Waals surface area contributed by atoms with E-state index in [0.717, 1.165) is 4.90 Å². The van der Waals surface area contributed by atoms with Gasteiger partial charge in [-0.25, -0.2) is 0 Å². The van der Waals surface area contributed by atoms with Crippen LogP contribution in [0.15, 0.2) is 0 Å². The van der Waals surface area contributed by atoms with Crippen LogP contribution in [-0.2, 0) is 4.79 Å². The summed E-state index contributed by atoms with van der Waals surface area (Å²) >= 11 is 0. The Labute approximate surface area is 67.8 Å². The molecule has 1 atom stereocenters. The van der Waals surface area contributed by atoms with Gasteiger partial charge in [-0.05, 0) is 0 Å². The Morgan fingerprint density at radius 2 is 1.92 bits per heavy atom. The van der Waals surface area contributed by atoms with Crippen molar-refractivity contribution in [3.8, 4) is 0 Å². The van der Waals surface area contributed by atoms with Crippen molar-refractivity contribution in [2.45, 2.75) is 18.7 Å². The zero-order valence-electron chi connectivity index (χ0n) is 6.72. The van der Waals surface area contributed by atoms with E-state index in [2.05, 4.69) is 0 Å². The third-order valence-corrected chi connectivity index (χ3v) is 1.15. The minimum atomic E-state index is -4.51. The van der Waals surface area contributed by atoms with Gasteiger partial charge in [-0.15, -0.1) is 0 Å². The summed E-state index contributed by atoms with van der Waals surface area (Å²) in [6.07, 6.45) is -7.99. The molecule has 6 heteroatoms. The van der Waals surface area contributed by atoms with Gasteiger partial charge in [0.25, 0.3) is 5.91 Å². The Hall–Kier alpha value is -0.780. The molecular formula is C6H10F3NO2. The van der Waals surface area contributed by atoms with Crippen molar-refractivity contribution in [1.82, 2.24) is 4.90 Å². The Kier molecular flexibility index (Phi) is 3.51. The van der Waals surface area contributed by atoms with Gasteiger partial charge >= 0.3 is 6.18 Å². The van der Waals surface area contributed by atoms with Gasteiger partial charge in [0.2, 0.25) is 0 Å². The van der Waals surface area contributed by atoms with Crippen LogP contribution < -0.4 is 0 Å². The zero-order valence-corrected chi connectivity index (χ0v) is 6.72. The van der Waals surface area contributed by atoms with Crippen LogP contribution in [-0.4, -0.2) is 42.3 Å². The number of hydrogen-bond donors (Lipinski definition) is 1. The average molecular weight is 185 g/mol. The summed E-state index contributed by atoms with van der Waals surface area (Å²) in [6.45, 7) is 0. The maximum atomic E-state index is 11.6. The van der Waals surface area contributed by atoms with Crippen molar-refractivity contribution < 1.29 is 23.1 Å². The van der Waals surface area contributed by atoms with E-state index >= 15 is 0 Å². The number of rotatable bonds is 2. The summed E-state index contributed by atoms with van der Waals surface area (Å²) < 4.78 is 34.8. The molecule has 0 rings (SSSR count). The second kappa shape index (κ2) is 3.75. The molecule has 72 valence electrons. The van der Waals surface area contributed by atoms with E-state index in [1.54, 1.807) is 0 Å². The molecule has 0 aromatic rings. The molecule has 0 heterocycles. The Morgan fingerprint density at radius 3 is 2.17 bits per heavy atom. The minimum Gasteiger partial charge on any atom is -0.383 e. The first-order valence-corrected chi connectivity index (χ1v) is 3.20. The van der Waals surface area contributed by atoms with E-state index in [9.17, 15) is 18.0 Å². The lowest BCUT2D eigenvalue weighted by molar-refractivity contribution is -0.167. The molecule has 0 radical (unpaired) electrons. The van der Waals surface area contributed by atoms with Crippen molar-refractivity contribution in [3.63, 3.8) is 0 Å². The molecule has 3 nitrogen and oxygen atoms in total. The zero-order chi connectivity index (χ0) is 9.94. The number of alkyl halides is 3. The Bertz CT molecular complexity index is 167. The molecule has 0 spiro atoms. The number of aliphatic hydroxyl groups is 1. The van der Waals surface area contributed by atoms with Crippen molar-refractivity contribution in [2.75, 3.05) is 14.1 Å². The number of likely N-dealkylation sites (N-methyl/N-ethyl adjacent to an activating group) is 1. The number of aliphatic hydroxyl groups excluding tert-OH is 1. The third kappa shape index (κ3) is 4.17. The lowest BCUT2D eigenvalue weighted by Gasteiger charge is -2.16. The van der Waals surface area contributed by atoms with Gasteiger partial charge in [0.15, 0.2) is 0 Å². The number of nitrogens with zero attached hydrogens (tertiary/aromatic N) is 1. The predicted molar refractivity (Wildman–Crippen MR) is 35.4 cm³/mol. The summed E-state index contributed by atoms with van der Waals surface area (Å²) in [5.74, 6) is -0.938. The topological polar surface area (TPSA) is 40.5 Å². The van der Waals surface area contributed by atoms with E-state index in [-0.39, 0.29) is 0 Å². The Morgan fingerprint density at radius 1 is 1.50 bits per heavy atom. The molecule has 0 aromatic carbocycles. The lowest BCUT2D eigenvalue weighted by atomic mass is 10.2. The van der Waals surface area contributed by atoms with Gasteiger partial charge in [0, 0.05) is 14.1 Å². The summed E-state index contributed by atoms with van der Waals surface area (Å²) in [7, 11) is 2.56. The number of carbonyl (C=O) groups is 1. The highest BCUT2D eigenvalue weighted by Crippen LogP contribution is 2.21. The van der Waals surface area contributed by atoms with Crippen LogP contribution in [0.25, 0.3) is 0 Å². The van der Waals surface area contributed by atoms with Crippen LogP contribution in [0.4, 0.5) is 13.2 Å². The van der Waals surface area contributed by atoms with Crippen LogP contribution >= 0.6 is 0 Å². The second-order valence-corrected chi connectivity index (χ2v) is 2.57. The number of hydrogen-bond acceptors (Lipinski definition) is 2. The van der Waals surface area contributed by atoms with Crippen LogP contribution in [0.5, 0.6) is 0 Å². The van der Waals surface area contributed by atoms with Gasteiger partial charge < -0.3 is 10.0 Å². The number of carbonyl (C=O) groups excluding carboxylic acids is 1. The fraction of sp³-hybridized carbons (Fsp3) is 0.833. The lowest BCUT2D eigenvalue weighted by Crippen LogP contribution is -2.36. The van der Waals surface area contributed by atoms with Gasteiger partial charge in [-0.3, -0.25) is 4.79 Å². The summed E-state index contributed by atoms with van der Waals surface area (Å²) in [6, 6.07) is 0. The van der Waals surface area contributed by atoms with E-state index in [4.69, 9.17) is 5.11 Å². The molecule has 0 saturated carbocycles. The van der Waals surface area contributed by atoms with E-state index in [0.29, 0.717) is 0 Å². The maximum Gasteiger partial charge on any atom is 0.392 e. The fourth-order valence-corrected chi connectivity index (χ4v) is 0.605. The molecule has 1 unspecified atom stereocenters. The van der Waals surface area contributed by atoms with Crippen molar-refractivity contribution in [3.05, 3.63) is 0 Å². The third-order valence-electron chi connectivity index (χ3n) is 1.15. The first-order chi connectivity index (χ1) is 5.24. The molecule has 0 aliphatic rings. The monoisotopic (exact) mass is 185 g/mol. The largest absolute Gasteiger partial charge is 0.392 e. The summed E-state index contributed by atoms with van der Waals surface area (Å²) in [5, 5.41) is 8.71. The molecule has 12 heavy (non-hydrogen) atoms. The van der Waals surface area contributed by atoms with Gasteiger partial charge in [0.1, 0.15) is 6.10 Å². The molecule has 0 bridgehead atoms. The molecular weight excluding hydrogens is 175 g/mol. The van der Waals surface area contributed by atoms with E-state index in [1.807, 2.05) is 0 Å². The van der Waals surface area contributed by atoms with Crippen molar-refractivity contribution in [2.24, 2.45) is 0 Å². The van der Waals surface area contributed by atoms with Crippen LogP contribution in [0.3, 0.4) is 0 Å². The van der Waals surface area contributed by atoms with Crippen molar-refractivity contribution >= 4 is 5.91 Å². The van der Waals surface area contributed by atoms with Gasteiger partial charge in [0.05, 0.1) is 6.42 Å². The van der Waals surface area contributed by atoms with Crippen molar-refractivity contribution in [1.29, 1.82) is 0 Å². The first kappa shape index (κ1) is 11.2. The van der Waals surface area contributed by atoms with E-state index < -0.39 is 24.6 Å². The quantitative estimate of drug-likeness (QED) is 0.676. The van der Waals surface area contributed by atoms with Gasteiger partial charge in [-0.1, -0.05) is 0 Å². The number of halogens is 3. The maximum absolute atomic E-state index is 11.6. The van der Waals surface area contributed by atoms with Crippen LogP contribution in [0.1, 0.15) is 6.42 Å². The molecule has 1 amide bonds. The normalized spacial score (nSPS) is 14.2. The highest BCUT2D eigenvalue weighted by molar-refractivity contribution is 5.80. The number of amides is 1. The second-order valence-electron chi connectivity index (χ2n) is 2.57. The molecule has 0 aromatic heterocycles. The SMILES string of the molecule is CN(C)C(=O)C(O)CC(F)(F)F. The molecule has 1 N–H and O–H groups in total. The minimum absolute atomic E-state index is 0.913. The molecule has 0 aliphatic heterocycles. The van der Waals surface area contributed by atoms with Crippen LogP contribution in [0, 0.1) is 0 Å². The Balaban J connectivity index is 4.05. The fourth-order valence-electron chi connectivity index (χ4n) is 0.605. The standard InChI is InChI=1S/C6H10F3NO2/c1-10(2)5(12)4(11)3-6(7,8)9/h4,11H,3H2,1-2H3. The van der Waals surface area contributed by atoms with Crippen LogP contribution in [0.2, 0.25) is 0 Å².